The van der Waals surface area contributed by atoms with Crippen LogP contribution in [0.25, 0.3) is 21.8 Å². The fourth-order valence-corrected chi connectivity index (χ4v) is 2.03. The van der Waals surface area contributed by atoms with Gasteiger partial charge in [-0.05, 0) is 18.2 Å². The minimum atomic E-state index is 0.0368. The lowest BCUT2D eigenvalue weighted by Crippen LogP contribution is -1.91. The lowest BCUT2D eigenvalue weighted by Gasteiger charge is -2.04. The summed E-state index contributed by atoms with van der Waals surface area (Å²) in [5.41, 5.74) is 1.45. The molecule has 0 bridgehead atoms. The Bertz CT molecular complexity index is 903. The zero-order valence-corrected chi connectivity index (χ0v) is 9.62. The van der Waals surface area contributed by atoms with Crippen molar-refractivity contribution in [3.8, 4) is 17.9 Å². The van der Waals surface area contributed by atoms with E-state index < -0.39 is 0 Å². The van der Waals surface area contributed by atoms with Gasteiger partial charge >= 0.3 is 0 Å². The average molecular weight is 246 g/mol. The van der Waals surface area contributed by atoms with Gasteiger partial charge in [-0.2, -0.15) is 10.5 Å². The Balaban J connectivity index is 2.54. The van der Waals surface area contributed by atoms with E-state index in [0.717, 1.165) is 0 Å². The maximum absolute atomic E-state index is 9.74. The number of aromatic nitrogens is 2. The Morgan fingerprint density at radius 3 is 2.42 bits per heavy atom. The van der Waals surface area contributed by atoms with Gasteiger partial charge in [-0.25, -0.2) is 0 Å². The summed E-state index contributed by atoms with van der Waals surface area (Å²) in [7, 11) is 0. The molecule has 0 spiro atoms. The molecule has 0 aliphatic carbocycles. The number of benzene rings is 2. The third-order valence-electron chi connectivity index (χ3n) is 2.94. The minimum absolute atomic E-state index is 0.0368. The largest absolute Gasteiger partial charge is 0.506 e. The first-order valence-corrected chi connectivity index (χ1v) is 5.47. The number of phenolic OH excluding ortho intramolecular Hbond substituents is 1. The van der Waals surface area contributed by atoms with Gasteiger partial charge in [0.15, 0.2) is 0 Å². The molecule has 0 aliphatic heterocycles. The number of hydrogen-bond acceptors (Lipinski definition) is 5. The third-order valence-corrected chi connectivity index (χ3v) is 2.94. The van der Waals surface area contributed by atoms with Crippen LogP contribution in [0, 0.1) is 22.7 Å². The SMILES string of the molecule is N#Cc1cc2nnc3c(O)cccc3c2cc1C#N. The van der Waals surface area contributed by atoms with Crippen molar-refractivity contribution in [2.75, 3.05) is 0 Å². The summed E-state index contributed by atoms with van der Waals surface area (Å²) in [6.45, 7) is 0. The summed E-state index contributed by atoms with van der Waals surface area (Å²) in [6, 6.07) is 12.1. The Labute approximate surface area is 108 Å². The molecule has 3 rings (SSSR count). The summed E-state index contributed by atoms with van der Waals surface area (Å²) in [6.07, 6.45) is 0. The van der Waals surface area contributed by atoms with Crippen molar-refractivity contribution in [2.45, 2.75) is 0 Å². The molecule has 5 nitrogen and oxygen atoms in total. The average Bonchev–Trinajstić information content (AvgIpc) is 2.45. The van der Waals surface area contributed by atoms with Crippen LogP contribution in [0.5, 0.6) is 5.75 Å². The molecule has 3 aromatic rings. The summed E-state index contributed by atoms with van der Waals surface area (Å²) in [4.78, 5) is 0. The number of nitrogens with zero attached hydrogens (tertiary/aromatic N) is 4. The van der Waals surface area contributed by atoms with Gasteiger partial charge in [0.2, 0.25) is 0 Å². The molecule has 1 heterocycles. The molecule has 0 radical (unpaired) electrons. The molecule has 2 aromatic carbocycles. The van der Waals surface area contributed by atoms with Gasteiger partial charge in [-0.15, -0.1) is 10.2 Å². The standard InChI is InChI=1S/C14H6N4O/c15-6-8-4-11-10-2-1-3-13(19)14(10)18-17-12(11)5-9(8)7-16/h1-5,19H. The lowest BCUT2D eigenvalue weighted by molar-refractivity contribution is 0.480. The topological polar surface area (TPSA) is 93.6 Å². The van der Waals surface area contributed by atoms with E-state index in [9.17, 15) is 5.11 Å². The Hall–Kier alpha value is -3.18. The van der Waals surface area contributed by atoms with Crippen molar-refractivity contribution >= 4 is 21.8 Å². The van der Waals surface area contributed by atoms with E-state index >= 15 is 0 Å². The second-order valence-corrected chi connectivity index (χ2v) is 4.01. The van der Waals surface area contributed by atoms with Crippen molar-refractivity contribution in [1.29, 1.82) is 10.5 Å². The predicted octanol–water partition coefficient (Wildman–Crippen LogP) is 2.23. The quantitative estimate of drug-likeness (QED) is 0.614. The molecule has 0 fully saturated rings. The van der Waals surface area contributed by atoms with Crippen LogP contribution in [0.15, 0.2) is 30.3 Å². The molecular weight excluding hydrogens is 240 g/mol. The van der Waals surface area contributed by atoms with E-state index in [1.165, 1.54) is 12.1 Å². The predicted molar refractivity (Wildman–Crippen MR) is 68.1 cm³/mol. The van der Waals surface area contributed by atoms with E-state index in [1.807, 2.05) is 12.1 Å². The van der Waals surface area contributed by atoms with Crippen LogP contribution in [-0.2, 0) is 0 Å². The van der Waals surface area contributed by atoms with Crippen LogP contribution in [0.2, 0.25) is 0 Å². The summed E-state index contributed by atoms with van der Waals surface area (Å²) >= 11 is 0. The smallest absolute Gasteiger partial charge is 0.143 e. The summed E-state index contributed by atoms with van der Waals surface area (Å²) in [5, 5.41) is 37.1. The van der Waals surface area contributed by atoms with Gasteiger partial charge in [0.25, 0.3) is 0 Å². The van der Waals surface area contributed by atoms with Crippen LogP contribution in [0.4, 0.5) is 0 Å². The zero-order valence-electron chi connectivity index (χ0n) is 9.62. The number of fused-ring (bicyclic) bond motifs is 3. The van der Waals surface area contributed by atoms with Crippen LogP contribution in [-0.4, -0.2) is 15.3 Å². The minimum Gasteiger partial charge on any atom is -0.506 e. The molecule has 0 unspecified atom stereocenters. The third kappa shape index (κ3) is 1.54. The van der Waals surface area contributed by atoms with Crippen molar-refractivity contribution in [3.05, 3.63) is 41.5 Å². The highest BCUT2D eigenvalue weighted by Crippen LogP contribution is 2.29. The first kappa shape index (κ1) is 10.9. The molecular formula is C14H6N4O. The molecule has 5 heteroatoms. The molecule has 0 saturated heterocycles. The monoisotopic (exact) mass is 246 g/mol. The Kier molecular flexibility index (Phi) is 2.27. The van der Waals surface area contributed by atoms with E-state index in [-0.39, 0.29) is 16.9 Å². The molecule has 19 heavy (non-hydrogen) atoms. The van der Waals surface area contributed by atoms with Gasteiger partial charge < -0.3 is 5.11 Å². The van der Waals surface area contributed by atoms with Gasteiger partial charge in [0.1, 0.15) is 23.4 Å². The van der Waals surface area contributed by atoms with Crippen LogP contribution in [0.1, 0.15) is 11.1 Å². The van der Waals surface area contributed by atoms with E-state index in [0.29, 0.717) is 21.8 Å². The lowest BCUT2D eigenvalue weighted by atomic mass is 10.0. The van der Waals surface area contributed by atoms with E-state index in [1.54, 1.807) is 18.2 Å². The maximum Gasteiger partial charge on any atom is 0.143 e. The molecule has 88 valence electrons. The molecule has 0 saturated carbocycles. The van der Waals surface area contributed by atoms with Crippen molar-refractivity contribution in [2.24, 2.45) is 0 Å². The molecule has 0 amide bonds. The molecule has 1 aromatic heterocycles. The van der Waals surface area contributed by atoms with Gasteiger partial charge in [0, 0.05) is 10.8 Å². The van der Waals surface area contributed by atoms with E-state index in [4.69, 9.17) is 10.5 Å². The van der Waals surface area contributed by atoms with E-state index in [2.05, 4.69) is 10.2 Å². The second kappa shape index (κ2) is 3.94. The molecule has 0 aliphatic rings. The number of hydrogen-bond donors (Lipinski definition) is 1. The number of aromatic hydroxyl groups is 1. The first-order valence-electron chi connectivity index (χ1n) is 5.47. The van der Waals surface area contributed by atoms with Crippen molar-refractivity contribution < 1.29 is 5.11 Å². The fraction of sp³-hybridized carbons (Fsp3) is 0. The highest BCUT2D eigenvalue weighted by Gasteiger charge is 2.10. The number of phenols is 1. The van der Waals surface area contributed by atoms with Crippen LogP contribution < -0.4 is 0 Å². The van der Waals surface area contributed by atoms with Crippen LogP contribution >= 0.6 is 0 Å². The van der Waals surface area contributed by atoms with Crippen LogP contribution in [0.3, 0.4) is 0 Å². The highest BCUT2D eigenvalue weighted by molar-refractivity contribution is 6.06. The van der Waals surface area contributed by atoms with Gasteiger partial charge in [-0.3, -0.25) is 0 Å². The van der Waals surface area contributed by atoms with Gasteiger partial charge in [0.05, 0.1) is 16.6 Å². The summed E-state index contributed by atoms with van der Waals surface area (Å²) in [5.74, 6) is 0.0368. The number of rotatable bonds is 0. The van der Waals surface area contributed by atoms with Crippen molar-refractivity contribution in [3.63, 3.8) is 0 Å². The summed E-state index contributed by atoms with van der Waals surface area (Å²) < 4.78 is 0. The fourth-order valence-electron chi connectivity index (χ4n) is 2.03. The maximum atomic E-state index is 9.74. The van der Waals surface area contributed by atoms with Crippen molar-refractivity contribution in [1.82, 2.24) is 10.2 Å². The highest BCUT2D eigenvalue weighted by atomic mass is 16.3. The first-order chi connectivity index (χ1) is 9.24. The number of nitriles is 2. The zero-order chi connectivity index (χ0) is 13.4. The molecule has 1 N–H and O–H groups in total. The Morgan fingerprint density at radius 2 is 1.68 bits per heavy atom. The second-order valence-electron chi connectivity index (χ2n) is 4.01. The Morgan fingerprint density at radius 1 is 0.947 bits per heavy atom. The molecule has 0 atom stereocenters. The van der Waals surface area contributed by atoms with Gasteiger partial charge in [-0.1, -0.05) is 12.1 Å². The normalized spacial score (nSPS) is 10.2.